The fraction of sp³-hybridized carbons (Fsp3) is 0.286. The van der Waals surface area contributed by atoms with Gasteiger partial charge < -0.3 is 33.9 Å². The Kier molecular flexibility index (Phi) is 5.96. The number of hydrogen-bond acceptors (Lipinski definition) is 7. The molecule has 0 aromatic heterocycles. The molecule has 0 radical (unpaired) electrons. The van der Waals surface area contributed by atoms with Crippen molar-refractivity contribution >= 4 is 11.8 Å². The molecule has 0 spiro atoms. The lowest BCUT2D eigenvalue weighted by Crippen LogP contribution is -2.35. The summed E-state index contributed by atoms with van der Waals surface area (Å²) >= 11 is 0. The fourth-order valence-electron chi connectivity index (χ4n) is 5.11. The maximum absolute atomic E-state index is 13.5. The Morgan fingerprint density at radius 3 is 2.38 bits per heavy atom. The number of carbonyl (C=O) groups excluding carboxylic acids is 2. The van der Waals surface area contributed by atoms with Gasteiger partial charge in [0.05, 0.1) is 13.0 Å². The molecule has 3 heterocycles. The Morgan fingerprint density at radius 2 is 1.59 bits per heavy atom. The van der Waals surface area contributed by atoms with Crippen molar-refractivity contribution in [3.63, 3.8) is 0 Å². The van der Waals surface area contributed by atoms with Gasteiger partial charge in [0.1, 0.15) is 5.75 Å². The summed E-state index contributed by atoms with van der Waals surface area (Å²) in [5.41, 5.74) is 2.29. The summed E-state index contributed by atoms with van der Waals surface area (Å²) in [4.78, 5) is 28.7. The molecule has 0 aliphatic carbocycles. The van der Waals surface area contributed by atoms with Gasteiger partial charge in [-0.2, -0.15) is 0 Å². The number of carbonyl (C=O) groups is 2. The quantitative estimate of drug-likeness (QED) is 0.553. The summed E-state index contributed by atoms with van der Waals surface area (Å²) in [6.45, 7) is 1.33. The SMILES string of the molecule is COc1ccccc1[C@H]1CN(C(=O)c2ccc3c(c2)OCO3)C[C@@H]1C(=O)NCc1ccc2c(c1)OCO2. The van der Waals surface area contributed by atoms with Crippen molar-refractivity contribution in [2.45, 2.75) is 12.5 Å². The summed E-state index contributed by atoms with van der Waals surface area (Å²) in [6, 6.07) is 18.4. The van der Waals surface area contributed by atoms with Crippen molar-refractivity contribution in [2.75, 3.05) is 33.8 Å². The number of amides is 2. The number of nitrogens with one attached hydrogen (secondary N) is 1. The third kappa shape index (κ3) is 4.37. The predicted molar refractivity (Wildman–Crippen MR) is 132 cm³/mol. The molecule has 2 amide bonds. The van der Waals surface area contributed by atoms with Crippen LogP contribution in [0.1, 0.15) is 27.4 Å². The number of nitrogens with zero attached hydrogens (tertiary/aromatic N) is 1. The molecule has 2 atom stereocenters. The van der Waals surface area contributed by atoms with E-state index in [1.54, 1.807) is 30.2 Å². The first kappa shape index (κ1) is 23.0. The molecule has 3 aromatic rings. The van der Waals surface area contributed by atoms with Gasteiger partial charge in [-0.1, -0.05) is 24.3 Å². The summed E-state index contributed by atoms with van der Waals surface area (Å²) in [5.74, 6) is 2.24. The van der Waals surface area contributed by atoms with E-state index in [1.807, 2.05) is 42.5 Å². The molecule has 190 valence electrons. The highest BCUT2D eigenvalue weighted by Gasteiger charge is 2.41. The highest BCUT2D eigenvalue weighted by molar-refractivity contribution is 5.96. The molecule has 37 heavy (non-hydrogen) atoms. The zero-order chi connectivity index (χ0) is 25.4. The van der Waals surface area contributed by atoms with Crippen LogP contribution in [0, 0.1) is 5.92 Å². The Labute approximate surface area is 213 Å². The molecule has 3 aliphatic rings. The second-order valence-electron chi connectivity index (χ2n) is 9.14. The largest absolute Gasteiger partial charge is 0.496 e. The number of hydrogen-bond donors (Lipinski definition) is 1. The topological polar surface area (TPSA) is 95.6 Å². The van der Waals surface area contributed by atoms with Gasteiger partial charge >= 0.3 is 0 Å². The lowest BCUT2D eigenvalue weighted by Gasteiger charge is -2.20. The zero-order valence-corrected chi connectivity index (χ0v) is 20.3. The average Bonchev–Trinajstić information content (AvgIpc) is 3.70. The molecule has 0 bridgehead atoms. The Bertz CT molecular complexity index is 1360. The maximum atomic E-state index is 13.5. The van der Waals surface area contributed by atoms with Crippen LogP contribution in [0.2, 0.25) is 0 Å². The zero-order valence-electron chi connectivity index (χ0n) is 20.3. The highest BCUT2D eigenvalue weighted by atomic mass is 16.7. The molecular weight excluding hydrogens is 476 g/mol. The van der Waals surface area contributed by atoms with Crippen molar-refractivity contribution in [1.29, 1.82) is 0 Å². The van der Waals surface area contributed by atoms with E-state index in [2.05, 4.69) is 5.32 Å². The van der Waals surface area contributed by atoms with Crippen LogP contribution >= 0.6 is 0 Å². The number of para-hydroxylation sites is 1. The van der Waals surface area contributed by atoms with E-state index in [0.29, 0.717) is 47.4 Å². The molecule has 0 unspecified atom stereocenters. The standard InChI is InChI=1S/C28H26N2O7/c1-33-22-5-3-2-4-19(22)20-13-30(28(32)18-7-9-24-26(11-18)37-16-35-24)14-21(20)27(31)29-12-17-6-8-23-25(10-17)36-15-34-23/h2-11,20-21H,12-16H2,1H3,(H,29,31)/t20-,21+/m1/s1. The average molecular weight is 503 g/mol. The van der Waals surface area contributed by atoms with Crippen LogP contribution in [0.5, 0.6) is 28.7 Å². The molecule has 1 N–H and O–H groups in total. The number of ether oxygens (including phenoxy) is 5. The number of fused-ring (bicyclic) bond motifs is 2. The van der Waals surface area contributed by atoms with Crippen LogP contribution < -0.4 is 29.0 Å². The Balaban J connectivity index is 1.23. The summed E-state index contributed by atoms with van der Waals surface area (Å²) in [6.07, 6.45) is 0. The predicted octanol–water partition coefficient (Wildman–Crippen LogP) is 3.32. The van der Waals surface area contributed by atoms with Crippen molar-refractivity contribution in [3.05, 3.63) is 77.4 Å². The van der Waals surface area contributed by atoms with Crippen LogP contribution in [0.3, 0.4) is 0 Å². The van der Waals surface area contributed by atoms with Gasteiger partial charge in [-0.25, -0.2) is 0 Å². The monoisotopic (exact) mass is 502 g/mol. The van der Waals surface area contributed by atoms with Crippen LogP contribution in [-0.4, -0.2) is 50.5 Å². The summed E-state index contributed by atoms with van der Waals surface area (Å²) in [5, 5.41) is 3.05. The first-order valence-corrected chi connectivity index (χ1v) is 12.1. The van der Waals surface area contributed by atoms with E-state index < -0.39 is 5.92 Å². The molecule has 1 fully saturated rings. The van der Waals surface area contributed by atoms with Crippen molar-refractivity contribution < 1.29 is 33.3 Å². The van der Waals surface area contributed by atoms with E-state index >= 15 is 0 Å². The summed E-state index contributed by atoms with van der Waals surface area (Å²) < 4.78 is 27.2. The van der Waals surface area contributed by atoms with Crippen LogP contribution in [0.4, 0.5) is 0 Å². The fourth-order valence-corrected chi connectivity index (χ4v) is 5.11. The second-order valence-corrected chi connectivity index (χ2v) is 9.14. The molecule has 3 aromatic carbocycles. The van der Waals surface area contributed by atoms with Gasteiger partial charge in [-0.15, -0.1) is 0 Å². The molecule has 6 rings (SSSR count). The number of methoxy groups -OCH3 is 1. The van der Waals surface area contributed by atoms with Gasteiger partial charge in [0, 0.05) is 31.1 Å². The minimum absolute atomic E-state index is 0.130. The number of benzene rings is 3. The second kappa shape index (κ2) is 9.57. The molecule has 0 saturated carbocycles. The lowest BCUT2D eigenvalue weighted by molar-refractivity contribution is -0.125. The minimum atomic E-state index is -0.455. The normalized spacial score (nSPS) is 19.1. The van der Waals surface area contributed by atoms with Crippen LogP contribution in [0.15, 0.2) is 60.7 Å². The van der Waals surface area contributed by atoms with Gasteiger partial charge in [-0.3, -0.25) is 9.59 Å². The van der Waals surface area contributed by atoms with E-state index in [0.717, 1.165) is 11.1 Å². The molecule has 3 aliphatic heterocycles. The first-order valence-electron chi connectivity index (χ1n) is 12.1. The lowest BCUT2D eigenvalue weighted by atomic mass is 9.87. The van der Waals surface area contributed by atoms with E-state index in [-0.39, 0.29) is 37.9 Å². The molecule has 9 heteroatoms. The summed E-state index contributed by atoms with van der Waals surface area (Å²) in [7, 11) is 1.61. The van der Waals surface area contributed by atoms with Crippen molar-refractivity contribution in [3.8, 4) is 28.7 Å². The van der Waals surface area contributed by atoms with Crippen molar-refractivity contribution in [1.82, 2.24) is 10.2 Å². The Morgan fingerprint density at radius 1 is 0.892 bits per heavy atom. The third-order valence-electron chi connectivity index (χ3n) is 7.01. The van der Waals surface area contributed by atoms with Crippen LogP contribution in [0.25, 0.3) is 0 Å². The van der Waals surface area contributed by atoms with E-state index in [4.69, 9.17) is 23.7 Å². The highest BCUT2D eigenvalue weighted by Crippen LogP contribution is 2.39. The Hall–Kier alpha value is -4.40. The smallest absolute Gasteiger partial charge is 0.254 e. The first-order chi connectivity index (χ1) is 18.1. The molecular formula is C28H26N2O7. The van der Waals surface area contributed by atoms with Crippen molar-refractivity contribution in [2.24, 2.45) is 5.92 Å². The van der Waals surface area contributed by atoms with E-state index in [9.17, 15) is 9.59 Å². The van der Waals surface area contributed by atoms with Gasteiger partial charge in [0.2, 0.25) is 19.5 Å². The molecule has 1 saturated heterocycles. The van der Waals surface area contributed by atoms with Gasteiger partial charge in [-0.05, 0) is 47.5 Å². The number of likely N-dealkylation sites (tertiary alicyclic amines) is 1. The van der Waals surface area contributed by atoms with Crippen LogP contribution in [-0.2, 0) is 11.3 Å². The molecule has 9 nitrogen and oxygen atoms in total. The number of rotatable bonds is 6. The van der Waals surface area contributed by atoms with E-state index in [1.165, 1.54) is 0 Å². The van der Waals surface area contributed by atoms with Gasteiger partial charge in [0.25, 0.3) is 5.91 Å². The minimum Gasteiger partial charge on any atom is -0.496 e. The van der Waals surface area contributed by atoms with Gasteiger partial charge in [0.15, 0.2) is 23.0 Å². The third-order valence-corrected chi connectivity index (χ3v) is 7.01. The maximum Gasteiger partial charge on any atom is 0.254 e.